The highest BCUT2D eigenvalue weighted by Gasteiger charge is 2.27. The number of nitrogens with zero attached hydrogens (tertiary/aromatic N) is 1. The molecule has 0 atom stereocenters. The van der Waals surface area contributed by atoms with Crippen molar-refractivity contribution >= 4 is 17.6 Å². The molecule has 1 rings (SSSR count). The highest BCUT2D eigenvalue weighted by Crippen LogP contribution is 2.27. The van der Waals surface area contributed by atoms with Crippen LogP contribution in [0.4, 0.5) is 5.69 Å². The molecule has 0 aliphatic carbocycles. The lowest BCUT2D eigenvalue weighted by Gasteiger charge is -2.18. The zero-order valence-corrected chi connectivity index (χ0v) is 13.8. The first-order valence-corrected chi connectivity index (χ1v) is 7.36. The predicted octanol–water partition coefficient (Wildman–Crippen LogP) is 2.95. The number of nitro benzene ring substituents is 1. The van der Waals surface area contributed by atoms with Crippen molar-refractivity contribution in [2.24, 2.45) is 5.41 Å². The first-order valence-electron chi connectivity index (χ1n) is 7.36. The highest BCUT2D eigenvalue weighted by atomic mass is 16.6. The van der Waals surface area contributed by atoms with Gasteiger partial charge in [0.25, 0.3) is 11.6 Å². The van der Waals surface area contributed by atoms with Crippen LogP contribution in [0.2, 0.25) is 0 Å². The van der Waals surface area contributed by atoms with E-state index in [2.05, 4.69) is 5.32 Å². The molecule has 0 saturated carbocycles. The molecule has 23 heavy (non-hydrogen) atoms. The van der Waals surface area contributed by atoms with Crippen LogP contribution in [0.3, 0.4) is 0 Å². The van der Waals surface area contributed by atoms with E-state index in [1.807, 2.05) is 13.8 Å². The van der Waals surface area contributed by atoms with Crippen molar-refractivity contribution in [3.63, 3.8) is 0 Å². The molecular formula is C16H22N2O5. The molecule has 1 aromatic carbocycles. The molecular weight excluding hydrogens is 300 g/mol. The van der Waals surface area contributed by atoms with Gasteiger partial charge in [0.05, 0.1) is 10.3 Å². The van der Waals surface area contributed by atoms with Crippen LogP contribution in [0.5, 0.6) is 0 Å². The standard InChI is InChI=1S/C16H22N2O5/c1-10(2)12-6-5-11(9-13(12)18(22)23)14(19)17-8-7-16(3,4)15(20)21/h5-6,9-10H,7-8H2,1-4H3,(H,17,19)(H,20,21). The van der Waals surface area contributed by atoms with Crippen molar-refractivity contribution in [1.29, 1.82) is 0 Å². The van der Waals surface area contributed by atoms with E-state index in [0.717, 1.165) is 0 Å². The summed E-state index contributed by atoms with van der Waals surface area (Å²) in [5.74, 6) is -1.42. The third kappa shape index (κ3) is 4.77. The van der Waals surface area contributed by atoms with E-state index < -0.39 is 22.2 Å². The van der Waals surface area contributed by atoms with Crippen LogP contribution in [0.1, 0.15) is 56.0 Å². The second kappa shape index (κ2) is 7.21. The third-order valence-electron chi connectivity index (χ3n) is 3.73. The van der Waals surface area contributed by atoms with E-state index in [1.165, 1.54) is 6.07 Å². The molecule has 0 spiro atoms. The zero-order chi connectivity index (χ0) is 17.8. The number of carbonyl (C=O) groups is 2. The number of nitrogens with one attached hydrogen (secondary N) is 1. The SMILES string of the molecule is CC(C)c1ccc(C(=O)NCCC(C)(C)C(=O)O)cc1[N+](=O)[O-]. The fourth-order valence-electron chi connectivity index (χ4n) is 2.03. The van der Waals surface area contributed by atoms with Gasteiger partial charge in [-0.15, -0.1) is 0 Å². The van der Waals surface area contributed by atoms with E-state index in [-0.39, 0.29) is 30.1 Å². The average molecular weight is 322 g/mol. The zero-order valence-electron chi connectivity index (χ0n) is 13.8. The minimum atomic E-state index is -0.944. The Morgan fingerprint density at radius 1 is 1.35 bits per heavy atom. The Kier molecular flexibility index (Phi) is 5.84. The molecule has 126 valence electrons. The Hall–Kier alpha value is -2.44. The quantitative estimate of drug-likeness (QED) is 0.592. The molecule has 0 heterocycles. The van der Waals surface area contributed by atoms with Gasteiger partial charge >= 0.3 is 5.97 Å². The van der Waals surface area contributed by atoms with Crippen LogP contribution >= 0.6 is 0 Å². The Morgan fingerprint density at radius 3 is 2.43 bits per heavy atom. The van der Waals surface area contributed by atoms with Crippen molar-refractivity contribution in [2.75, 3.05) is 6.54 Å². The predicted molar refractivity (Wildman–Crippen MR) is 85.6 cm³/mol. The maximum Gasteiger partial charge on any atom is 0.309 e. The molecule has 0 aromatic heterocycles. The molecule has 0 unspecified atom stereocenters. The Bertz CT molecular complexity index is 623. The summed E-state index contributed by atoms with van der Waals surface area (Å²) in [6.45, 7) is 7.01. The van der Waals surface area contributed by atoms with Gasteiger partial charge in [-0.1, -0.05) is 19.9 Å². The molecule has 0 saturated heterocycles. The summed E-state index contributed by atoms with van der Waals surface area (Å²) in [7, 11) is 0. The van der Waals surface area contributed by atoms with Gasteiger partial charge in [-0.3, -0.25) is 19.7 Å². The molecule has 0 fully saturated rings. The summed E-state index contributed by atoms with van der Waals surface area (Å²) in [4.78, 5) is 33.7. The number of hydrogen-bond acceptors (Lipinski definition) is 4. The second-order valence-corrected chi connectivity index (χ2v) is 6.38. The van der Waals surface area contributed by atoms with Crippen LogP contribution in [0.25, 0.3) is 0 Å². The number of benzene rings is 1. The van der Waals surface area contributed by atoms with Crippen molar-refractivity contribution in [2.45, 2.75) is 40.0 Å². The molecule has 7 nitrogen and oxygen atoms in total. The Labute approximate surface area is 134 Å². The second-order valence-electron chi connectivity index (χ2n) is 6.38. The van der Waals surface area contributed by atoms with Gasteiger partial charge in [0.15, 0.2) is 0 Å². The molecule has 1 aromatic rings. The Morgan fingerprint density at radius 2 is 1.96 bits per heavy atom. The van der Waals surface area contributed by atoms with Gasteiger partial charge in [-0.2, -0.15) is 0 Å². The average Bonchev–Trinajstić information content (AvgIpc) is 2.45. The number of carboxylic acid groups (broad SMARTS) is 1. The fraction of sp³-hybridized carbons (Fsp3) is 0.500. The monoisotopic (exact) mass is 322 g/mol. The van der Waals surface area contributed by atoms with E-state index in [4.69, 9.17) is 5.11 Å². The van der Waals surface area contributed by atoms with E-state index in [9.17, 15) is 19.7 Å². The van der Waals surface area contributed by atoms with Crippen LogP contribution in [0.15, 0.2) is 18.2 Å². The topological polar surface area (TPSA) is 110 Å². The molecule has 7 heteroatoms. The largest absolute Gasteiger partial charge is 0.481 e. The maximum atomic E-state index is 12.1. The lowest BCUT2D eigenvalue weighted by Crippen LogP contribution is -2.32. The summed E-state index contributed by atoms with van der Waals surface area (Å²) in [6.07, 6.45) is 0.264. The number of amides is 1. The number of nitro groups is 1. The van der Waals surface area contributed by atoms with Crippen molar-refractivity contribution in [3.8, 4) is 0 Å². The molecule has 0 aliphatic heterocycles. The van der Waals surface area contributed by atoms with Crippen LogP contribution in [-0.2, 0) is 4.79 Å². The summed E-state index contributed by atoms with van der Waals surface area (Å²) < 4.78 is 0. The minimum absolute atomic E-state index is 0.0242. The van der Waals surface area contributed by atoms with E-state index in [0.29, 0.717) is 5.56 Å². The van der Waals surface area contributed by atoms with Crippen LogP contribution in [0, 0.1) is 15.5 Å². The van der Waals surface area contributed by atoms with Gasteiger partial charge in [-0.25, -0.2) is 0 Å². The van der Waals surface area contributed by atoms with Crippen LogP contribution in [-0.4, -0.2) is 28.5 Å². The Balaban J connectivity index is 2.83. The van der Waals surface area contributed by atoms with E-state index in [1.54, 1.807) is 26.0 Å². The van der Waals surface area contributed by atoms with Crippen molar-refractivity contribution in [1.82, 2.24) is 5.32 Å². The van der Waals surface area contributed by atoms with Gasteiger partial charge < -0.3 is 10.4 Å². The van der Waals surface area contributed by atoms with Crippen molar-refractivity contribution < 1.29 is 19.6 Å². The summed E-state index contributed by atoms with van der Waals surface area (Å²) >= 11 is 0. The van der Waals surface area contributed by atoms with Gasteiger partial charge in [0.1, 0.15) is 0 Å². The number of rotatable bonds is 7. The van der Waals surface area contributed by atoms with E-state index >= 15 is 0 Å². The lowest BCUT2D eigenvalue weighted by molar-refractivity contribution is -0.385. The first kappa shape index (κ1) is 18.6. The number of aliphatic carboxylic acids is 1. The maximum absolute atomic E-state index is 12.1. The molecule has 0 aliphatic rings. The third-order valence-corrected chi connectivity index (χ3v) is 3.73. The summed E-state index contributed by atoms with van der Waals surface area (Å²) in [5, 5.41) is 22.7. The van der Waals surface area contributed by atoms with Gasteiger partial charge in [0, 0.05) is 23.7 Å². The molecule has 2 N–H and O–H groups in total. The molecule has 0 radical (unpaired) electrons. The number of hydrogen-bond donors (Lipinski definition) is 2. The number of carbonyl (C=O) groups excluding carboxylic acids is 1. The molecule has 0 bridgehead atoms. The van der Waals surface area contributed by atoms with Crippen molar-refractivity contribution in [3.05, 3.63) is 39.4 Å². The van der Waals surface area contributed by atoms with Crippen LogP contribution < -0.4 is 5.32 Å². The normalized spacial score (nSPS) is 11.3. The lowest BCUT2D eigenvalue weighted by atomic mass is 9.89. The highest BCUT2D eigenvalue weighted by molar-refractivity contribution is 5.95. The first-order chi connectivity index (χ1) is 10.6. The van der Waals surface area contributed by atoms with Gasteiger partial charge in [0.2, 0.25) is 0 Å². The number of carboxylic acids is 1. The summed E-state index contributed by atoms with van der Waals surface area (Å²) in [6, 6.07) is 4.38. The molecule has 1 amide bonds. The summed E-state index contributed by atoms with van der Waals surface area (Å²) in [5.41, 5.74) is -0.271. The smallest absolute Gasteiger partial charge is 0.309 e. The minimum Gasteiger partial charge on any atom is -0.481 e. The van der Waals surface area contributed by atoms with Gasteiger partial charge in [-0.05, 0) is 32.3 Å². The fourth-order valence-corrected chi connectivity index (χ4v) is 2.03.